The molecule has 0 amide bonds. The monoisotopic (exact) mass is 434 g/mol. The van der Waals surface area contributed by atoms with Crippen molar-refractivity contribution in [1.82, 2.24) is 5.32 Å². The van der Waals surface area contributed by atoms with Crippen LogP contribution in [-0.2, 0) is 6.42 Å². The number of rotatable bonds is 11. The molecule has 3 rings (SSSR count). The molecule has 0 radical (unpaired) electrons. The zero-order chi connectivity index (χ0) is 22.9. The minimum Gasteiger partial charge on any atom is -0.493 e. The Labute approximate surface area is 188 Å². The molecule has 32 heavy (non-hydrogen) atoms. The number of carbonyl (C=O) groups is 1. The van der Waals surface area contributed by atoms with E-state index >= 15 is 0 Å². The van der Waals surface area contributed by atoms with Gasteiger partial charge < -0.3 is 26.0 Å². The smallest absolute Gasteiger partial charge is 0.339 e. The second-order valence-electron chi connectivity index (χ2n) is 7.70. The second kappa shape index (κ2) is 11.3. The Kier molecular flexibility index (Phi) is 8.25. The second-order valence-corrected chi connectivity index (χ2v) is 7.70. The topological polar surface area (TPSA) is 105 Å². The van der Waals surface area contributed by atoms with Crippen LogP contribution in [0, 0.1) is 0 Å². The predicted octanol–water partition coefficient (Wildman–Crippen LogP) is 4.29. The number of carboxylic acid groups (broad SMARTS) is 1. The standard InChI is InChI=1S/C26H30N2O4/c1-2-15-32-25-16-21(9-12-23(25)26(30)31)19-5-3-18(4-6-19)13-14-28-17-24(29)20-7-10-22(27)11-8-20/h3-12,16,24,28-29H,2,13-15,17,27H2,1H3,(H,30,31)/t24-/m1/s1. The SMILES string of the molecule is CCCOc1cc(-c2ccc(CCNC[C@@H](O)c3ccc(N)cc3)cc2)ccc1C(=O)O. The highest BCUT2D eigenvalue weighted by Gasteiger charge is 2.13. The van der Waals surface area contributed by atoms with Crippen LogP contribution < -0.4 is 15.8 Å². The molecule has 0 saturated carbocycles. The Morgan fingerprint density at radius 2 is 1.72 bits per heavy atom. The lowest BCUT2D eigenvalue weighted by Gasteiger charge is -2.13. The predicted molar refractivity (Wildman–Crippen MR) is 127 cm³/mol. The van der Waals surface area contributed by atoms with E-state index in [0.29, 0.717) is 24.6 Å². The van der Waals surface area contributed by atoms with E-state index < -0.39 is 12.1 Å². The van der Waals surface area contributed by atoms with Gasteiger partial charge in [-0.25, -0.2) is 4.79 Å². The molecule has 0 saturated heterocycles. The third-order valence-electron chi connectivity index (χ3n) is 5.21. The van der Waals surface area contributed by atoms with Crippen LogP contribution in [0.1, 0.15) is 40.9 Å². The molecule has 3 aromatic carbocycles. The van der Waals surface area contributed by atoms with Crippen molar-refractivity contribution in [3.63, 3.8) is 0 Å². The normalized spacial score (nSPS) is 11.8. The number of anilines is 1. The maximum atomic E-state index is 11.4. The molecule has 1 atom stereocenters. The van der Waals surface area contributed by atoms with Crippen molar-refractivity contribution >= 4 is 11.7 Å². The van der Waals surface area contributed by atoms with Gasteiger partial charge in [0.1, 0.15) is 11.3 Å². The zero-order valence-electron chi connectivity index (χ0n) is 18.3. The van der Waals surface area contributed by atoms with Crippen LogP contribution >= 0.6 is 0 Å². The quantitative estimate of drug-likeness (QED) is 0.265. The first-order valence-electron chi connectivity index (χ1n) is 10.8. The van der Waals surface area contributed by atoms with Gasteiger partial charge in [0.05, 0.1) is 12.7 Å². The fourth-order valence-corrected chi connectivity index (χ4v) is 3.38. The lowest BCUT2D eigenvalue weighted by Crippen LogP contribution is -2.23. The number of aliphatic hydroxyl groups excluding tert-OH is 1. The van der Waals surface area contributed by atoms with Crippen LogP contribution in [0.3, 0.4) is 0 Å². The highest BCUT2D eigenvalue weighted by molar-refractivity contribution is 5.92. The van der Waals surface area contributed by atoms with Gasteiger partial charge in [0.15, 0.2) is 0 Å². The van der Waals surface area contributed by atoms with Crippen molar-refractivity contribution in [3.8, 4) is 16.9 Å². The number of aliphatic hydroxyl groups is 1. The van der Waals surface area contributed by atoms with Crippen molar-refractivity contribution in [1.29, 1.82) is 0 Å². The molecule has 0 spiro atoms. The van der Waals surface area contributed by atoms with Gasteiger partial charge in [0, 0.05) is 12.2 Å². The Morgan fingerprint density at radius 1 is 1.03 bits per heavy atom. The molecule has 168 valence electrons. The Bertz CT molecular complexity index is 1020. The van der Waals surface area contributed by atoms with E-state index in [9.17, 15) is 15.0 Å². The summed E-state index contributed by atoms with van der Waals surface area (Å²) in [6.07, 6.45) is 1.07. The fraction of sp³-hybridized carbons (Fsp3) is 0.269. The Morgan fingerprint density at radius 3 is 2.38 bits per heavy atom. The van der Waals surface area contributed by atoms with Crippen molar-refractivity contribution < 1.29 is 19.7 Å². The van der Waals surface area contributed by atoms with Crippen LogP contribution in [0.4, 0.5) is 5.69 Å². The number of nitrogens with two attached hydrogens (primary N) is 1. The van der Waals surface area contributed by atoms with Gasteiger partial charge in [-0.15, -0.1) is 0 Å². The van der Waals surface area contributed by atoms with E-state index in [1.165, 1.54) is 5.56 Å². The third kappa shape index (κ3) is 6.33. The van der Waals surface area contributed by atoms with Crippen LogP contribution in [0.2, 0.25) is 0 Å². The Hall–Kier alpha value is -3.35. The molecular formula is C26H30N2O4. The van der Waals surface area contributed by atoms with E-state index in [0.717, 1.165) is 36.1 Å². The fourth-order valence-electron chi connectivity index (χ4n) is 3.38. The first kappa shape index (κ1) is 23.3. The highest BCUT2D eigenvalue weighted by atomic mass is 16.5. The average Bonchev–Trinajstić information content (AvgIpc) is 2.81. The van der Waals surface area contributed by atoms with Gasteiger partial charge in [0.2, 0.25) is 0 Å². The third-order valence-corrected chi connectivity index (χ3v) is 5.21. The summed E-state index contributed by atoms with van der Waals surface area (Å²) in [6.45, 7) is 3.67. The van der Waals surface area contributed by atoms with Crippen molar-refractivity contribution in [2.24, 2.45) is 0 Å². The molecule has 0 fully saturated rings. The lowest BCUT2D eigenvalue weighted by molar-refractivity contribution is 0.0692. The van der Waals surface area contributed by atoms with E-state index in [2.05, 4.69) is 17.4 Å². The molecule has 0 bridgehead atoms. The van der Waals surface area contributed by atoms with Crippen LogP contribution in [0.5, 0.6) is 5.75 Å². The zero-order valence-corrected chi connectivity index (χ0v) is 18.3. The minimum atomic E-state index is -0.994. The largest absolute Gasteiger partial charge is 0.493 e. The summed E-state index contributed by atoms with van der Waals surface area (Å²) in [5.74, 6) is -0.600. The molecular weight excluding hydrogens is 404 g/mol. The number of ether oxygens (including phenoxy) is 1. The van der Waals surface area contributed by atoms with E-state index in [-0.39, 0.29) is 5.56 Å². The molecule has 0 unspecified atom stereocenters. The number of benzene rings is 3. The lowest BCUT2D eigenvalue weighted by atomic mass is 10.0. The van der Waals surface area contributed by atoms with Gasteiger partial charge in [-0.2, -0.15) is 0 Å². The molecule has 0 aromatic heterocycles. The van der Waals surface area contributed by atoms with Gasteiger partial charge in [-0.3, -0.25) is 0 Å². The number of aromatic carboxylic acids is 1. The van der Waals surface area contributed by atoms with Crippen LogP contribution in [0.25, 0.3) is 11.1 Å². The van der Waals surface area contributed by atoms with Gasteiger partial charge in [-0.05, 0) is 65.9 Å². The molecule has 0 aliphatic carbocycles. The summed E-state index contributed by atoms with van der Waals surface area (Å²) >= 11 is 0. The number of nitrogen functional groups attached to an aromatic ring is 1. The molecule has 0 heterocycles. The van der Waals surface area contributed by atoms with Crippen molar-refractivity contribution in [3.05, 3.63) is 83.4 Å². The van der Waals surface area contributed by atoms with Crippen molar-refractivity contribution in [2.75, 3.05) is 25.4 Å². The van der Waals surface area contributed by atoms with E-state index in [1.54, 1.807) is 30.3 Å². The summed E-state index contributed by atoms with van der Waals surface area (Å²) in [7, 11) is 0. The summed E-state index contributed by atoms with van der Waals surface area (Å²) in [4.78, 5) is 11.4. The van der Waals surface area contributed by atoms with E-state index in [4.69, 9.17) is 10.5 Å². The van der Waals surface area contributed by atoms with Crippen LogP contribution in [-0.4, -0.2) is 35.9 Å². The molecule has 0 aliphatic rings. The number of hydrogen-bond donors (Lipinski definition) is 4. The molecule has 0 aliphatic heterocycles. The van der Waals surface area contributed by atoms with Gasteiger partial charge in [-0.1, -0.05) is 49.4 Å². The maximum Gasteiger partial charge on any atom is 0.339 e. The van der Waals surface area contributed by atoms with Crippen LogP contribution in [0.15, 0.2) is 66.7 Å². The summed E-state index contributed by atoms with van der Waals surface area (Å²) < 4.78 is 5.64. The summed E-state index contributed by atoms with van der Waals surface area (Å²) in [6, 6.07) is 20.6. The molecule has 6 nitrogen and oxygen atoms in total. The first-order valence-corrected chi connectivity index (χ1v) is 10.8. The van der Waals surface area contributed by atoms with Crippen molar-refractivity contribution in [2.45, 2.75) is 25.9 Å². The molecule has 5 N–H and O–H groups in total. The van der Waals surface area contributed by atoms with Gasteiger partial charge in [0.25, 0.3) is 0 Å². The highest BCUT2D eigenvalue weighted by Crippen LogP contribution is 2.28. The maximum absolute atomic E-state index is 11.4. The minimum absolute atomic E-state index is 0.172. The summed E-state index contributed by atoms with van der Waals surface area (Å²) in [5, 5.41) is 22.9. The first-order chi connectivity index (χ1) is 15.5. The van der Waals surface area contributed by atoms with Gasteiger partial charge >= 0.3 is 5.97 Å². The average molecular weight is 435 g/mol. The number of hydrogen-bond acceptors (Lipinski definition) is 5. The molecule has 3 aromatic rings. The molecule has 6 heteroatoms. The number of carboxylic acids is 1. The van der Waals surface area contributed by atoms with E-state index in [1.807, 2.05) is 31.2 Å². The Balaban J connectivity index is 1.55. The number of nitrogens with one attached hydrogen (secondary N) is 1. The summed E-state index contributed by atoms with van der Waals surface area (Å²) in [5.41, 5.74) is 10.5.